The van der Waals surface area contributed by atoms with Crippen LogP contribution in [0.1, 0.15) is 25.3 Å². The quantitative estimate of drug-likeness (QED) is 0.360. The number of allylic oxidation sites excluding steroid dienone is 2. The van der Waals surface area contributed by atoms with Crippen LogP contribution >= 0.6 is 0 Å². The summed E-state index contributed by atoms with van der Waals surface area (Å²) in [6.07, 6.45) is -8.52. The second-order valence-corrected chi connectivity index (χ2v) is 9.32. The van der Waals surface area contributed by atoms with Gasteiger partial charge < -0.3 is 19.5 Å². The first-order chi connectivity index (χ1) is 17.8. The molecule has 11 heteroatoms. The molecule has 4 rings (SSSR count). The summed E-state index contributed by atoms with van der Waals surface area (Å²) in [5.41, 5.74) is 2.81. The van der Waals surface area contributed by atoms with Crippen molar-refractivity contribution in [3.8, 4) is 16.9 Å². The molecule has 0 saturated heterocycles. The molecule has 4 nitrogen and oxygen atoms in total. The Hall–Kier alpha value is -3.21. The number of benzene rings is 2. The highest BCUT2D eigenvalue weighted by atomic mass is 19.4. The summed E-state index contributed by atoms with van der Waals surface area (Å²) < 4.78 is 98.9. The zero-order chi connectivity index (χ0) is 27.7. The van der Waals surface area contributed by atoms with Crippen LogP contribution in [-0.4, -0.2) is 42.7 Å². The Kier molecular flexibility index (Phi) is 7.96. The maximum absolute atomic E-state index is 13.5. The van der Waals surface area contributed by atoms with Crippen LogP contribution in [0, 0.1) is 5.92 Å². The minimum Gasteiger partial charge on any atom is -0.429 e. The van der Waals surface area contributed by atoms with E-state index in [4.69, 9.17) is 0 Å². The number of alkyl halides is 7. The number of β-amino-alcohol motifs (C(OH)–C–C–N with tert-alkyl or cyclic N) is 1. The number of nitrogens with zero attached hydrogens (tertiary/aromatic N) is 1. The molecule has 2 aromatic carbocycles. The molecule has 2 aliphatic rings. The van der Waals surface area contributed by atoms with Gasteiger partial charge in [0.2, 0.25) is 0 Å². The Balaban J connectivity index is 1.67. The molecular weight excluding hydrogens is 519 g/mol. The molecule has 3 atom stereocenters. The van der Waals surface area contributed by atoms with Crippen LogP contribution in [0.15, 0.2) is 66.5 Å². The van der Waals surface area contributed by atoms with Gasteiger partial charge in [-0.15, -0.1) is 13.2 Å². The zero-order valence-electron chi connectivity index (χ0n) is 20.3. The van der Waals surface area contributed by atoms with Gasteiger partial charge in [-0.2, -0.15) is 17.6 Å². The largest absolute Gasteiger partial charge is 0.573 e. The van der Waals surface area contributed by atoms with Crippen molar-refractivity contribution < 1.29 is 45.3 Å². The number of hydrogen-bond acceptors (Lipinski definition) is 4. The minimum absolute atomic E-state index is 0.190. The summed E-state index contributed by atoms with van der Waals surface area (Å²) in [5, 5.41) is 10.2. The summed E-state index contributed by atoms with van der Waals surface area (Å²) in [4.78, 5) is 1.94. The topological polar surface area (TPSA) is 41.9 Å². The second-order valence-electron chi connectivity index (χ2n) is 9.32. The molecule has 1 N–H and O–H groups in total. The van der Waals surface area contributed by atoms with Gasteiger partial charge in [-0.1, -0.05) is 30.3 Å². The first-order valence-electron chi connectivity index (χ1n) is 12.0. The van der Waals surface area contributed by atoms with Crippen molar-refractivity contribution in [2.45, 2.75) is 57.2 Å². The standard InChI is InChI=1S/C27H26F7NO3/c1-16(36)15-35-23(18-6-3-7-19(14-18)37-26(30,31)25(28)29)12-11-22-21(9-4-10-24(22)35)17-5-2-8-20(13-17)38-27(32,33)34/h2-5,7-10,13-14,16,18,23,25,36H,6,11-12,15H2,1H3/t16-,18?,23+/m0/s1. The van der Waals surface area contributed by atoms with Gasteiger partial charge in [-0.25, -0.2) is 0 Å². The van der Waals surface area contributed by atoms with Gasteiger partial charge >= 0.3 is 18.9 Å². The smallest absolute Gasteiger partial charge is 0.429 e. The number of aliphatic hydroxyl groups excluding tert-OH is 1. The molecule has 0 aromatic heterocycles. The van der Waals surface area contributed by atoms with Crippen molar-refractivity contribution in [1.29, 1.82) is 0 Å². The van der Waals surface area contributed by atoms with E-state index in [1.54, 1.807) is 31.2 Å². The highest BCUT2D eigenvalue weighted by molar-refractivity contribution is 5.76. The molecule has 38 heavy (non-hydrogen) atoms. The van der Waals surface area contributed by atoms with Crippen molar-refractivity contribution in [1.82, 2.24) is 0 Å². The lowest BCUT2D eigenvalue weighted by atomic mass is 9.81. The van der Waals surface area contributed by atoms with Crippen LogP contribution < -0.4 is 9.64 Å². The van der Waals surface area contributed by atoms with E-state index in [1.807, 2.05) is 11.0 Å². The van der Waals surface area contributed by atoms with Crippen molar-refractivity contribution in [2.24, 2.45) is 5.92 Å². The van der Waals surface area contributed by atoms with Gasteiger partial charge in [0.1, 0.15) is 11.5 Å². The van der Waals surface area contributed by atoms with E-state index in [0.29, 0.717) is 30.4 Å². The third-order valence-electron chi connectivity index (χ3n) is 6.46. The maximum Gasteiger partial charge on any atom is 0.573 e. The number of ether oxygens (including phenoxy) is 2. The third-order valence-corrected chi connectivity index (χ3v) is 6.46. The lowest BCUT2D eigenvalue weighted by Crippen LogP contribution is -2.47. The highest BCUT2D eigenvalue weighted by Crippen LogP contribution is 2.42. The highest BCUT2D eigenvalue weighted by Gasteiger charge is 2.45. The van der Waals surface area contributed by atoms with E-state index in [-0.39, 0.29) is 30.0 Å². The predicted molar refractivity (Wildman–Crippen MR) is 127 cm³/mol. The van der Waals surface area contributed by atoms with Crippen molar-refractivity contribution in [3.05, 3.63) is 72.0 Å². The molecule has 0 saturated carbocycles. The Morgan fingerprint density at radius 1 is 1.05 bits per heavy atom. The summed E-state index contributed by atoms with van der Waals surface area (Å²) in [5.74, 6) is -1.08. The fraction of sp³-hybridized carbons (Fsp3) is 0.407. The Labute approximate surface area is 215 Å². The molecule has 0 radical (unpaired) electrons. The molecule has 0 amide bonds. The molecule has 1 aliphatic heterocycles. The molecule has 2 aromatic rings. The predicted octanol–water partition coefficient (Wildman–Crippen LogP) is 7.09. The van der Waals surface area contributed by atoms with Gasteiger partial charge in [-0.3, -0.25) is 0 Å². The average molecular weight is 545 g/mol. The first kappa shape index (κ1) is 27.8. The first-order valence-corrected chi connectivity index (χ1v) is 12.0. The third kappa shape index (κ3) is 6.43. The number of aliphatic hydroxyl groups is 1. The number of halogens is 7. The van der Waals surface area contributed by atoms with E-state index in [9.17, 15) is 35.8 Å². The van der Waals surface area contributed by atoms with Crippen LogP contribution in [0.25, 0.3) is 11.1 Å². The number of rotatable bonds is 8. The maximum atomic E-state index is 13.5. The Morgan fingerprint density at radius 3 is 2.47 bits per heavy atom. The normalized spacial score (nSPS) is 20.7. The molecule has 206 valence electrons. The summed E-state index contributed by atoms with van der Waals surface area (Å²) >= 11 is 0. The number of fused-ring (bicyclic) bond motifs is 1. The molecule has 0 bridgehead atoms. The number of hydrogen-bond donors (Lipinski definition) is 1. The van der Waals surface area contributed by atoms with E-state index < -0.39 is 25.0 Å². The molecule has 0 fully saturated rings. The lowest BCUT2D eigenvalue weighted by Gasteiger charge is -2.44. The number of anilines is 1. The van der Waals surface area contributed by atoms with Crippen molar-refractivity contribution in [3.63, 3.8) is 0 Å². The van der Waals surface area contributed by atoms with E-state index >= 15 is 0 Å². The van der Waals surface area contributed by atoms with Gasteiger partial charge in [0.05, 0.1) is 6.10 Å². The fourth-order valence-corrected chi connectivity index (χ4v) is 5.04. The zero-order valence-corrected chi connectivity index (χ0v) is 20.3. The molecular formula is C27H26F7NO3. The minimum atomic E-state index is -4.83. The monoisotopic (exact) mass is 545 g/mol. The summed E-state index contributed by atoms with van der Waals surface area (Å²) in [6.45, 7) is 1.79. The van der Waals surface area contributed by atoms with Gasteiger partial charge in [0.15, 0.2) is 0 Å². The Morgan fingerprint density at radius 2 is 1.79 bits per heavy atom. The molecule has 0 spiro atoms. The molecule has 1 heterocycles. The summed E-state index contributed by atoms with van der Waals surface area (Å²) in [7, 11) is 0. The molecule has 1 aliphatic carbocycles. The van der Waals surface area contributed by atoms with Crippen LogP contribution in [0.3, 0.4) is 0 Å². The van der Waals surface area contributed by atoms with Crippen LogP contribution in [0.4, 0.5) is 36.4 Å². The van der Waals surface area contributed by atoms with Gasteiger partial charge in [-0.05, 0) is 73.2 Å². The lowest BCUT2D eigenvalue weighted by molar-refractivity contribution is -0.280. The van der Waals surface area contributed by atoms with E-state index in [2.05, 4.69) is 9.47 Å². The van der Waals surface area contributed by atoms with Gasteiger partial charge in [0.25, 0.3) is 0 Å². The molecule has 1 unspecified atom stereocenters. The van der Waals surface area contributed by atoms with E-state index in [1.165, 1.54) is 30.4 Å². The second kappa shape index (κ2) is 10.9. The SMILES string of the molecule is C[C@H](O)CN1c2cccc(-c3cccc(OC(F)(F)F)c3)c2CC[C@@H]1C1C=C(OC(F)(F)C(F)F)C=CC1. The van der Waals surface area contributed by atoms with Gasteiger partial charge in [0, 0.05) is 24.2 Å². The fourth-order valence-electron chi connectivity index (χ4n) is 5.04. The summed E-state index contributed by atoms with van der Waals surface area (Å²) in [6, 6.07) is 10.7. The Bertz CT molecular complexity index is 1190. The van der Waals surface area contributed by atoms with Crippen LogP contribution in [0.2, 0.25) is 0 Å². The van der Waals surface area contributed by atoms with Crippen LogP contribution in [0.5, 0.6) is 5.75 Å². The average Bonchev–Trinajstić information content (AvgIpc) is 2.82. The van der Waals surface area contributed by atoms with Crippen LogP contribution in [-0.2, 0) is 11.2 Å². The van der Waals surface area contributed by atoms with Crippen molar-refractivity contribution in [2.75, 3.05) is 11.4 Å². The van der Waals surface area contributed by atoms with Crippen molar-refractivity contribution >= 4 is 5.69 Å². The van der Waals surface area contributed by atoms with E-state index in [0.717, 1.165) is 11.3 Å².